The van der Waals surface area contributed by atoms with Crippen LogP contribution in [0.25, 0.3) is 0 Å². The highest BCUT2D eigenvalue weighted by Crippen LogP contribution is 2.57. The van der Waals surface area contributed by atoms with Crippen LogP contribution in [0.3, 0.4) is 0 Å². The first-order valence-corrected chi connectivity index (χ1v) is 44.8. The molecule has 1 saturated carbocycles. The van der Waals surface area contributed by atoms with Gasteiger partial charge >= 0.3 is 0 Å². The molecule has 1 aromatic carbocycles. The van der Waals surface area contributed by atoms with Crippen LogP contribution in [-0.4, -0.2) is 178 Å². The Balaban J connectivity index is 0.000000112. The second-order valence-corrected chi connectivity index (χ2v) is 40.3. The van der Waals surface area contributed by atoms with Gasteiger partial charge in [-0.1, -0.05) is 91.5 Å². The third kappa shape index (κ3) is 18.0. The third-order valence-corrected chi connectivity index (χ3v) is 30.1. The summed E-state index contributed by atoms with van der Waals surface area (Å²) < 4.78 is 46.2. The number of aromatic nitrogens is 15. The summed E-state index contributed by atoms with van der Waals surface area (Å²) in [5.74, 6) is 1.95. The van der Waals surface area contributed by atoms with E-state index in [1.165, 1.54) is 58.2 Å². The Morgan fingerprint density at radius 2 is 0.889 bits per heavy atom. The lowest BCUT2D eigenvalue weighted by Crippen LogP contribution is -2.50. The number of rotatable bonds is 15. The highest BCUT2D eigenvalue weighted by atomic mass is 35.5. The van der Waals surface area contributed by atoms with E-state index in [0.717, 1.165) is 159 Å². The fraction of sp³-hybridized carbons (Fsp3) is 0.595. The van der Waals surface area contributed by atoms with Gasteiger partial charge in [-0.25, -0.2) is 14.3 Å². The number of piperidine rings is 4. The second-order valence-electron chi connectivity index (χ2n) is 33.6. The number of halogens is 4. The molecule has 30 nitrogen and oxygen atoms in total. The van der Waals surface area contributed by atoms with Crippen LogP contribution in [-0.2, 0) is 83.6 Å². The molecule has 0 amide bonds. The average molecular weight is 1760 g/mol. The molecular weight excluding hydrogens is 1660 g/mol. The normalized spacial score (nSPS) is 31.4. The molecule has 17 atom stereocenters. The predicted molar refractivity (Wildman–Crippen MR) is 440 cm³/mol. The van der Waals surface area contributed by atoms with Crippen molar-refractivity contribution < 1.29 is 54.0 Å². The minimum absolute atomic E-state index is 0.0197. The largest absolute Gasteiger partial charge is 0.392 e. The van der Waals surface area contributed by atoms with E-state index in [2.05, 4.69) is 112 Å². The molecule has 1 aliphatic carbocycles. The number of aromatic amines is 1. The van der Waals surface area contributed by atoms with Crippen molar-refractivity contribution >= 4 is 91.8 Å². The first-order valence-electron chi connectivity index (χ1n) is 40.1. The van der Waals surface area contributed by atoms with Gasteiger partial charge in [-0.05, 0) is 115 Å². The maximum atomic E-state index is 10.4. The summed E-state index contributed by atoms with van der Waals surface area (Å²) in [6, 6.07) is 16.3. The lowest BCUT2D eigenvalue weighted by atomic mass is 9.79. The first-order chi connectivity index (χ1) is 56.3. The van der Waals surface area contributed by atoms with Gasteiger partial charge in [-0.2, -0.15) is 5.10 Å². The van der Waals surface area contributed by atoms with Crippen LogP contribution < -0.4 is 21.3 Å². The molecule has 9 aliphatic heterocycles. The van der Waals surface area contributed by atoms with E-state index in [1.807, 2.05) is 88.1 Å². The second kappa shape index (κ2) is 34.5. The Labute approximate surface area is 712 Å². The van der Waals surface area contributed by atoms with Crippen molar-refractivity contribution in [3.05, 3.63) is 178 Å². The van der Waals surface area contributed by atoms with Gasteiger partial charge < -0.3 is 75.2 Å². The van der Waals surface area contributed by atoms with Crippen LogP contribution in [0, 0.1) is 18.3 Å². The van der Waals surface area contributed by atoms with Gasteiger partial charge in [-0.15, -0.1) is 65.7 Å². The molecule has 10 aliphatic rings. The van der Waals surface area contributed by atoms with Crippen LogP contribution in [0.15, 0.2) is 73.3 Å². The first kappa shape index (κ1) is 83.5. The monoisotopic (exact) mass is 1760 g/mol. The van der Waals surface area contributed by atoms with E-state index in [0.29, 0.717) is 68.2 Å². The molecule has 10 aromatic rings. The van der Waals surface area contributed by atoms with Crippen LogP contribution in [0.2, 0.25) is 17.3 Å². The van der Waals surface area contributed by atoms with Crippen molar-refractivity contribution in [1.29, 1.82) is 0 Å². The van der Waals surface area contributed by atoms with Gasteiger partial charge in [0.05, 0.1) is 148 Å². The number of thiophene rings is 4. The SMILES string of the molecule is COCC1(Cn2cc([C@@H]3C[C@]4(C[C@H](C)N3)OC[C@@H](O)c3cc(Cl)sc34)nn2)CC1.C[C@H]1C[C@@]2(C[C@@H](c3cn(CC4CCOC4)nn3)N1)OC[C@@H](O)c1cc(Cl)sc12.C[C@H]1C[C@@]2(C[C@@H](c3cn(Cc4cccc(CO)c4)nn3)N1)OC[C@@H](O)c1cc(Cl)sc12.Cc1nc(Cn2cc([C@@H]3C[C@]4(C[C@H](C)N3)OC[C@@H](O)c3cc(Cl)sc34)nn2)n[nH]1. The highest BCUT2D eigenvalue weighted by molar-refractivity contribution is 7.17. The van der Waals surface area contributed by atoms with Crippen LogP contribution >= 0.6 is 91.8 Å². The topological polar surface area (TPSA) is 369 Å². The summed E-state index contributed by atoms with van der Waals surface area (Å²) in [5, 5.41) is 107. The van der Waals surface area contributed by atoms with Crippen LogP contribution in [0.5, 0.6) is 0 Å². The van der Waals surface area contributed by atoms with E-state index >= 15 is 0 Å². The van der Waals surface area contributed by atoms with E-state index in [4.69, 9.17) is 74.8 Å². The number of benzene rings is 1. The Morgan fingerprint density at radius 1 is 0.504 bits per heavy atom. The summed E-state index contributed by atoms with van der Waals surface area (Å²) in [6.07, 6.45) is 15.1. The number of fused-ring (bicyclic) bond motifs is 8. The smallest absolute Gasteiger partial charge is 0.172 e. The molecule has 5 saturated heterocycles. The zero-order valence-electron chi connectivity index (χ0n) is 65.8. The molecule has 6 fully saturated rings. The molecular formula is C79H99Cl4N19O11S4. The molecule has 18 heterocycles. The molecule has 1 unspecified atom stereocenters. The number of H-pyrrole nitrogens is 1. The Hall–Kier alpha value is -5.72. The van der Waals surface area contributed by atoms with Gasteiger partial charge in [0.25, 0.3) is 0 Å². The number of nitrogens with zero attached hydrogens (tertiary/aromatic N) is 14. The van der Waals surface area contributed by atoms with Gasteiger partial charge in [0.1, 0.15) is 59.2 Å². The summed E-state index contributed by atoms with van der Waals surface area (Å²) in [7, 11) is 1.76. The average Bonchev–Trinajstić information content (AvgIpc) is 1.65. The fourth-order valence-electron chi connectivity index (χ4n) is 18.9. The van der Waals surface area contributed by atoms with Crippen molar-refractivity contribution in [2.75, 3.05) is 53.4 Å². The standard InChI is InChI=1S/C22H25ClN4O3S.C20H27ClN4O3S.C19H25ClN4O3S.C18H22ClN7O2S/c1-13-7-22(21-16(6-20(23)31-21)19(29)12-30-22)8-17(24-13)18-10-27(26-25-18)9-14-3-2-4-15(5-14)11-28;1-12-6-20(18-13(5-17(21)29-18)16(26)9-28-20)7-14(22-12)15-8-25(24-23-15)10-19(3-4-19)11-27-2;1-11-5-19(18-13(4-17(20)28-18)16(25)10-27-19)6-14(21-11)15-8-24(23-22-15)7-12-2-3-26-9-12;1-9-4-18(17-11(3-15(19)29-17)14(27)8-28-18)5-12(20-9)13-6-26(25-23-13)7-16-21-10(2)22-24-16/h2-6,10,13,17,19,24,28-29H,7-9,11-12H2,1H3;5,8,12,14,16,22,26H,3-4,6-7,9-11H2,1-2H3;4,8,11-12,14,16,21,25H,2-3,5-7,9-10H2,1H3;3,6,9,12,14,20,27H,4-5,7-8H2,1-2H3,(H,21,22,24)/t13-,17-,19+,22-;12-,14-,16+,20-;11-,12?,14-,16+,19-;9-,12-,14+,18-/m0000/s1. The van der Waals surface area contributed by atoms with E-state index in [-0.39, 0.29) is 73.6 Å². The molecule has 38 heteroatoms. The number of methoxy groups -OCH3 is 1. The maximum absolute atomic E-state index is 10.4. The van der Waals surface area contributed by atoms with E-state index < -0.39 is 46.8 Å². The number of aliphatic hydroxyl groups excluding tert-OH is 5. The molecule has 628 valence electrons. The van der Waals surface area contributed by atoms with Crippen LogP contribution in [0.1, 0.15) is 234 Å². The quantitative estimate of drug-likeness (QED) is 0.0456. The van der Waals surface area contributed by atoms with Gasteiger partial charge in [-0.3, -0.25) is 14.5 Å². The summed E-state index contributed by atoms with van der Waals surface area (Å²) in [5.41, 5.74) is 7.51. The maximum Gasteiger partial charge on any atom is 0.172 e. The van der Waals surface area contributed by atoms with Gasteiger partial charge in [0.15, 0.2) is 5.82 Å². The molecule has 0 bridgehead atoms. The number of aryl methyl sites for hydroxylation is 1. The number of ether oxygens (including phenoxy) is 6. The number of nitrogens with one attached hydrogen (secondary N) is 5. The van der Waals surface area contributed by atoms with E-state index in [9.17, 15) is 25.5 Å². The molecule has 20 rings (SSSR count). The lowest BCUT2D eigenvalue weighted by Gasteiger charge is -2.46. The third-order valence-electron chi connectivity index (χ3n) is 24.2. The Bertz CT molecular complexity index is 5100. The highest BCUT2D eigenvalue weighted by Gasteiger charge is 2.54. The number of hydrogen-bond donors (Lipinski definition) is 10. The van der Waals surface area contributed by atoms with Crippen molar-refractivity contribution in [2.45, 2.75) is 233 Å². The van der Waals surface area contributed by atoms with Gasteiger partial charge in [0.2, 0.25) is 0 Å². The minimum Gasteiger partial charge on any atom is -0.392 e. The van der Waals surface area contributed by atoms with E-state index in [1.54, 1.807) is 11.8 Å². The Morgan fingerprint density at radius 3 is 1.26 bits per heavy atom. The summed E-state index contributed by atoms with van der Waals surface area (Å²) in [4.78, 5) is 8.50. The minimum atomic E-state index is -0.636. The predicted octanol–water partition coefficient (Wildman–Crippen LogP) is 11.5. The summed E-state index contributed by atoms with van der Waals surface area (Å²) >= 11 is 31.2. The fourth-order valence-corrected chi connectivity index (χ4v) is 24.7. The molecule has 117 heavy (non-hydrogen) atoms. The zero-order chi connectivity index (χ0) is 81.3. The number of aliphatic hydroxyl groups is 5. The molecule has 4 spiro atoms. The number of hydrogen-bond acceptors (Lipinski definition) is 29. The van der Waals surface area contributed by atoms with Crippen molar-refractivity contribution in [3.63, 3.8) is 0 Å². The zero-order valence-corrected chi connectivity index (χ0v) is 72.1. The summed E-state index contributed by atoms with van der Waals surface area (Å²) in [6.45, 7) is 16.8. The Kier molecular flexibility index (Phi) is 24.7. The molecule has 10 N–H and O–H groups in total. The van der Waals surface area contributed by atoms with Crippen molar-refractivity contribution in [1.82, 2.24) is 96.4 Å². The van der Waals surface area contributed by atoms with Crippen molar-refractivity contribution in [2.24, 2.45) is 11.3 Å². The van der Waals surface area contributed by atoms with Crippen molar-refractivity contribution in [3.8, 4) is 0 Å². The molecule has 0 radical (unpaired) electrons. The van der Waals surface area contributed by atoms with Gasteiger partial charge in [0, 0.05) is 123 Å². The molecule has 9 aromatic heterocycles. The lowest BCUT2D eigenvalue weighted by molar-refractivity contribution is -0.129. The van der Waals surface area contributed by atoms with Crippen LogP contribution in [0.4, 0.5) is 0 Å².